The van der Waals surface area contributed by atoms with Crippen molar-refractivity contribution < 1.29 is 27.7 Å². The lowest BCUT2D eigenvalue weighted by atomic mass is 9.96. The molecule has 8 heteroatoms. The summed E-state index contributed by atoms with van der Waals surface area (Å²) in [5.41, 5.74) is -0.0131. The zero-order valence-electron chi connectivity index (χ0n) is 15.7. The molecule has 1 aliphatic carbocycles. The molecule has 0 aliphatic heterocycles. The van der Waals surface area contributed by atoms with Crippen molar-refractivity contribution in [2.24, 2.45) is 0 Å². The van der Waals surface area contributed by atoms with E-state index in [1.54, 1.807) is 14.0 Å². The first-order valence-electron chi connectivity index (χ1n) is 9.26. The van der Waals surface area contributed by atoms with Gasteiger partial charge >= 0.3 is 12.2 Å². The van der Waals surface area contributed by atoms with Crippen LogP contribution in [-0.2, 0) is 17.5 Å². The topological polar surface area (TPSA) is 62.6 Å². The number of halogens is 3. The van der Waals surface area contributed by atoms with E-state index in [1.165, 1.54) is 18.6 Å². The van der Waals surface area contributed by atoms with E-state index in [0.717, 1.165) is 42.7 Å². The number of carbonyl (C=O) groups is 2. The lowest BCUT2D eigenvalue weighted by Crippen LogP contribution is -3.12. The van der Waals surface area contributed by atoms with Crippen molar-refractivity contribution in [1.82, 2.24) is 10.6 Å². The third-order valence-corrected chi connectivity index (χ3v) is 5.07. The fourth-order valence-electron chi connectivity index (χ4n) is 3.20. The zero-order chi connectivity index (χ0) is 20.0. The van der Waals surface area contributed by atoms with Gasteiger partial charge in [-0.05, 0) is 31.9 Å². The fourth-order valence-corrected chi connectivity index (χ4v) is 3.20. The van der Waals surface area contributed by atoms with Crippen LogP contribution in [0.4, 0.5) is 18.0 Å². The van der Waals surface area contributed by atoms with Crippen LogP contribution in [0.15, 0.2) is 24.3 Å². The highest BCUT2D eigenvalue weighted by Gasteiger charge is 2.30. The number of hydrogen-bond donors (Lipinski definition) is 3. The van der Waals surface area contributed by atoms with E-state index in [-0.39, 0.29) is 6.04 Å². The SMILES string of the molecule is C[C@@H](C(=O)NC(=O)NC1CCCCC1)[NH+](C)Cc1ccc(C(F)(F)F)cc1. The summed E-state index contributed by atoms with van der Waals surface area (Å²) in [6.07, 6.45) is 0.821. The van der Waals surface area contributed by atoms with E-state index in [4.69, 9.17) is 0 Å². The number of amides is 3. The lowest BCUT2D eigenvalue weighted by molar-refractivity contribution is -0.908. The average molecular weight is 386 g/mol. The molecule has 3 amide bonds. The number of quaternary nitrogens is 1. The molecule has 0 aromatic heterocycles. The Kier molecular flexibility index (Phi) is 7.24. The summed E-state index contributed by atoms with van der Waals surface area (Å²) >= 11 is 0. The Labute approximate surface area is 157 Å². The Morgan fingerprint density at radius 1 is 1.15 bits per heavy atom. The number of likely N-dealkylation sites (N-methyl/N-ethyl adjacent to an activating group) is 1. The molecule has 0 radical (unpaired) electrons. The molecule has 0 heterocycles. The highest BCUT2D eigenvalue weighted by molar-refractivity contribution is 5.96. The molecule has 0 saturated heterocycles. The number of benzene rings is 1. The summed E-state index contributed by atoms with van der Waals surface area (Å²) < 4.78 is 37.8. The second kappa shape index (κ2) is 9.21. The van der Waals surface area contributed by atoms with Gasteiger partial charge in [0.05, 0.1) is 12.6 Å². The number of nitrogens with one attached hydrogen (secondary N) is 3. The summed E-state index contributed by atoms with van der Waals surface area (Å²) in [4.78, 5) is 25.0. The second-order valence-corrected chi connectivity index (χ2v) is 7.24. The van der Waals surface area contributed by atoms with E-state index in [0.29, 0.717) is 12.1 Å². The van der Waals surface area contributed by atoms with Crippen molar-refractivity contribution in [2.45, 2.75) is 63.8 Å². The quantitative estimate of drug-likeness (QED) is 0.727. The Bertz CT molecular complexity index is 641. The van der Waals surface area contributed by atoms with Gasteiger partial charge in [-0.2, -0.15) is 13.2 Å². The van der Waals surface area contributed by atoms with Gasteiger partial charge in [0.15, 0.2) is 6.04 Å². The van der Waals surface area contributed by atoms with Gasteiger partial charge in [0.2, 0.25) is 0 Å². The molecule has 2 atom stereocenters. The Hall–Kier alpha value is -2.09. The number of hydrogen-bond acceptors (Lipinski definition) is 2. The van der Waals surface area contributed by atoms with E-state index < -0.39 is 29.7 Å². The van der Waals surface area contributed by atoms with Crippen molar-refractivity contribution in [3.05, 3.63) is 35.4 Å². The highest BCUT2D eigenvalue weighted by Crippen LogP contribution is 2.28. The van der Waals surface area contributed by atoms with Crippen LogP contribution >= 0.6 is 0 Å². The third kappa shape index (κ3) is 6.53. The van der Waals surface area contributed by atoms with Crippen LogP contribution in [0, 0.1) is 0 Å². The van der Waals surface area contributed by atoms with Crippen LogP contribution in [-0.4, -0.2) is 31.1 Å². The first-order valence-corrected chi connectivity index (χ1v) is 9.26. The van der Waals surface area contributed by atoms with Gasteiger partial charge < -0.3 is 10.2 Å². The fraction of sp³-hybridized carbons (Fsp3) is 0.579. The lowest BCUT2D eigenvalue weighted by Gasteiger charge is -2.24. The summed E-state index contributed by atoms with van der Waals surface area (Å²) in [5, 5.41) is 5.19. The monoisotopic (exact) mass is 386 g/mol. The minimum Gasteiger partial charge on any atom is -0.335 e. The molecule has 1 saturated carbocycles. The van der Waals surface area contributed by atoms with Gasteiger partial charge in [-0.1, -0.05) is 31.4 Å². The van der Waals surface area contributed by atoms with Gasteiger partial charge in [-0.3, -0.25) is 10.1 Å². The van der Waals surface area contributed by atoms with Crippen molar-refractivity contribution in [3.8, 4) is 0 Å². The van der Waals surface area contributed by atoms with Gasteiger partial charge in [-0.25, -0.2) is 4.79 Å². The Morgan fingerprint density at radius 2 is 1.74 bits per heavy atom. The normalized spacial score (nSPS) is 17.8. The largest absolute Gasteiger partial charge is 0.416 e. The average Bonchev–Trinajstić information content (AvgIpc) is 2.61. The smallest absolute Gasteiger partial charge is 0.335 e. The maximum Gasteiger partial charge on any atom is 0.416 e. The molecule has 0 bridgehead atoms. The van der Waals surface area contributed by atoms with Gasteiger partial charge in [0.1, 0.15) is 6.54 Å². The molecule has 1 unspecified atom stereocenters. The minimum absolute atomic E-state index is 0.110. The van der Waals surface area contributed by atoms with E-state index in [1.807, 2.05) is 0 Å². The van der Waals surface area contributed by atoms with E-state index >= 15 is 0 Å². The maximum absolute atomic E-state index is 12.6. The highest BCUT2D eigenvalue weighted by atomic mass is 19.4. The maximum atomic E-state index is 12.6. The summed E-state index contributed by atoms with van der Waals surface area (Å²) in [6.45, 7) is 2.06. The number of imide groups is 1. The molecule has 5 nitrogen and oxygen atoms in total. The molecule has 1 aromatic carbocycles. The number of carbonyl (C=O) groups excluding carboxylic acids is 2. The van der Waals surface area contributed by atoms with Crippen LogP contribution in [0.5, 0.6) is 0 Å². The predicted octanol–water partition coefficient (Wildman–Crippen LogP) is 2.27. The zero-order valence-corrected chi connectivity index (χ0v) is 15.7. The van der Waals surface area contributed by atoms with Crippen LogP contribution in [0.2, 0.25) is 0 Å². The standard InChI is InChI=1S/C19H26F3N3O2/c1-13(17(26)24-18(27)23-16-6-4-3-5-7-16)25(2)12-14-8-10-15(11-9-14)19(20,21)22/h8-11,13,16H,3-7,12H2,1-2H3,(H2,23,24,26,27)/p+1/t13-/m0/s1. The molecular weight excluding hydrogens is 359 g/mol. The number of alkyl halides is 3. The van der Waals surface area contributed by atoms with Crippen LogP contribution in [0.3, 0.4) is 0 Å². The molecule has 0 spiro atoms. The predicted molar refractivity (Wildman–Crippen MR) is 95.0 cm³/mol. The molecule has 1 aliphatic rings. The van der Waals surface area contributed by atoms with Crippen molar-refractivity contribution >= 4 is 11.9 Å². The molecule has 1 fully saturated rings. The van der Waals surface area contributed by atoms with Crippen LogP contribution in [0.1, 0.15) is 50.2 Å². The summed E-state index contributed by atoms with van der Waals surface area (Å²) in [5.74, 6) is -0.410. The van der Waals surface area contributed by atoms with Crippen molar-refractivity contribution in [2.75, 3.05) is 7.05 Å². The van der Waals surface area contributed by atoms with Gasteiger partial charge in [-0.15, -0.1) is 0 Å². The van der Waals surface area contributed by atoms with Crippen molar-refractivity contribution in [1.29, 1.82) is 0 Å². The van der Waals surface area contributed by atoms with E-state index in [9.17, 15) is 22.8 Å². The molecule has 1 aromatic rings. The van der Waals surface area contributed by atoms with E-state index in [2.05, 4.69) is 10.6 Å². The number of urea groups is 1. The molecule has 27 heavy (non-hydrogen) atoms. The number of rotatable bonds is 5. The minimum atomic E-state index is -4.36. The molecular formula is C19H27F3N3O2+. The van der Waals surface area contributed by atoms with Gasteiger partial charge in [0.25, 0.3) is 5.91 Å². The Morgan fingerprint density at radius 3 is 2.30 bits per heavy atom. The van der Waals surface area contributed by atoms with Gasteiger partial charge in [0, 0.05) is 11.6 Å². The molecule has 150 valence electrons. The van der Waals surface area contributed by atoms with Crippen LogP contribution in [0.25, 0.3) is 0 Å². The second-order valence-electron chi connectivity index (χ2n) is 7.24. The van der Waals surface area contributed by atoms with Crippen molar-refractivity contribution in [3.63, 3.8) is 0 Å². The summed E-state index contributed by atoms with van der Waals surface area (Å²) in [7, 11) is 1.76. The molecule has 3 N–H and O–H groups in total. The first kappa shape index (κ1) is 21.2. The third-order valence-electron chi connectivity index (χ3n) is 5.07. The Balaban J connectivity index is 1.83. The first-order chi connectivity index (χ1) is 12.7. The van der Waals surface area contributed by atoms with Crippen LogP contribution < -0.4 is 15.5 Å². The summed E-state index contributed by atoms with van der Waals surface area (Å²) in [6, 6.07) is 3.99. The molecule has 2 rings (SSSR count).